The van der Waals surface area contributed by atoms with Crippen LogP contribution in [-0.2, 0) is 14.6 Å². The minimum Gasteiger partial charge on any atom is -0.481 e. The Bertz CT molecular complexity index is 395. The monoisotopic (exact) mass is 274 g/mol. The largest absolute Gasteiger partial charge is 0.481 e. The van der Waals surface area contributed by atoms with Crippen LogP contribution in [-0.4, -0.2) is 37.2 Å². The number of carboxylic acids is 1. The molecule has 1 aliphatic carbocycles. The predicted octanol–water partition coefficient (Wildman–Crippen LogP) is 1.61. The zero-order valence-electron chi connectivity index (χ0n) is 8.96. The fraction of sp³-hybridized carbons (Fsp3) is 0.889. The molecule has 100 valence electrons. The number of halogens is 3. The third-order valence-corrected chi connectivity index (χ3v) is 4.58. The van der Waals surface area contributed by atoms with Crippen LogP contribution in [0, 0.1) is 5.41 Å². The Morgan fingerprint density at radius 3 is 2.18 bits per heavy atom. The van der Waals surface area contributed by atoms with Gasteiger partial charge in [0.15, 0.2) is 9.84 Å². The van der Waals surface area contributed by atoms with E-state index in [1.54, 1.807) is 0 Å². The van der Waals surface area contributed by atoms with Crippen LogP contribution in [0.25, 0.3) is 0 Å². The molecule has 0 heterocycles. The van der Waals surface area contributed by atoms with Gasteiger partial charge in [0.2, 0.25) is 0 Å². The molecular weight excluding hydrogens is 261 g/mol. The number of hydrogen-bond donors (Lipinski definition) is 1. The van der Waals surface area contributed by atoms with Crippen LogP contribution in [0.4, 0.5) is 13.2 Å². The molecule has 1 aliphatic rings. The average molecular weight is 274 g/mol. The van der Waals surface area contributed by atoms with Gasteiger partial charge in [0, 0.05) is 0 Å². The van der Waals surface area contributed by atoms with E-state index in [4.69, 9.17) is 5.11 Å². The lowest BCUT2D eigenvalue weighted by Crippen LogP contribution is -2.25. The smallest absolute Gasteiger partial charge is 0.390 e. The molecule has 0 bridgehead atoms. The summed E-state index contributed by atoms with van der Waals surface area (Å²) in [5.74, 6) is -2.53. The first-order valence-electron chi connectivity index (χ1n) is 5.03. The molecule has 1 saturated carbocycles. The fourth-order valence-electron chi connectivity index (χ4n) is 1.68. The lowest BCUT2D eigenvalue weighted by atomic mass is 10.1. The number of aliphatic carboxylic acids is 1. The van der Waals surface area contributed by atoms with E-state index in [2.05, 4.69) is 0 Å². The van der Waals surface area contributed by atoms with Crippen molar-refractivity contribution in [3.05, 3.63) is 0 Å². The Labute approximate surface area is 96.7 Å². The van der Waals surface area contributed by atoms with E-state index in [1.165, 1.54) is 0 Å². The van der Waals surface area contributed by atoms with Crippen molar-refractivity contribution in [1.29, 1.82) is 0 Å². The van der Waals surface area contributed by atoms with Crippen molar-refractivity contribution >= 4 is 15.8 Å². The summed E-state index contributed by atoms with van der Waals surface area (Å²) >= 11 is 0. The van der Waals surface area contributed by atoms with E-state index in [0.29, 0.717) is 12.8 Å². The third-order valence-electron chi connectivity index (χ3n) is 2.71. The lowest BCUT2D eigenvalue weighted by molar-refractivity contribution is -0.138. The average Bonchev–Trinajstić information content (AvgIpc) is 2.78. The molecule has 0 amide bonds. The van der Waals surface area contributed by atoms with E-state index >= 15 is 0 Å². The van der Waals surface area contributed by atoms with Crippen LogP contribution in [0.5, 0.6) is 0 Å². The van der Waals surface area contributed by atoms with Crippen molar-refractivity contribution < 1.29 is 31.5 Å². The van der Waals surface area contributed by atoms with Crippen LogP contribution < -0.4 is 0 Å². The first kappa shape index (κ1) is 14.3. The fourth-order valence-corrected chi connectivity index (χ4v) is 3.69. The highest BCUT2D eigenvalue weighted by molar-refractivity contribution is 7.91. The van der Waals surface area contributed by atoms with Gasteiger partial charge in [0.25, 0.3) is 0 Å². The van der Waals surface area contributed by atoms with Gasteiger partial charge >= 0.3 is 12.1 Å². The van der Waals surface area contributed by atoms with Crippen LogP contribution in [0.2, 0.25) is 0 Å². The number of alkyl halides is 3. The molecule has 0 aromatic carbocycles. The normalized spacial score (nSPS) is 19.0. The first-order chi connectivity index (χ1) is 7.54. The van der Waals surface area contributed by atoms with Gasteiger partial charge in [0.1, 0.15) is 0 Å². The number of hydrogen-bond acceptors (Lipinski definition) is 3. The highest BCUT2D eigenvalue weighted by atomic mass is 32.2. The van der Waals surface area contributed by atoms with Gasteiger partial charge in [-0.15, -0.1) is 0 Å². The molecule has 0 aliphatic heterocycles. The Morgan fingerprint density at radius 1 is 1.29 bits per heavy atom. The second kappa shape index (κ2) is 4.47. The Hall–Kier alpha value is -0.790. The zero-order valence-corrected chi connectivity index (χ0v) is 9.77. The van der Waals surface area contributed by atoms with E-state index in [1.807, 2.05) is 0 Å². The molecule has 0 unspecified atom stereocenters. The number of rotatable bonds is 6. The second-order valence-electron chi connectivity index (χ2n) is 4.53. The van der Waals surface area contributed by atoms with Crippen molar-refractivity contribution in [1.82, 2.24) is 0 Å². The molecule has 0 saturated heterocycles. The molecule has 0 atom stereocenters. The molecule has 0 radical (unpaired) electrons. The molecule has 1 fully saturated rings. The molecular formula is C9H13F3O4S. The summed E-state index contributed by atoms with van der Waals surface area (Å²) in [7, 11) is -3.84. The standard InChI is InChI=1S/C9H13F3O4S/c10-9(11,12)3-4-17(15,16)6-8(1-2-8)5-7(13)14/h1-6H2,(H,13,14). The number of carboxylic acid groups (broad SMARTS) is 1. The summed E-state index contributed by atoms with van der Waals surface area (Å²) in [6.45, 7) is 0. The molecule has 4 nitrogen and oxygen atoms in total. The van der Waals surface area contributed by atoms with Gasteiger partial charge in [-0.25, -0.2) is 8.42 Å². The van der Waals surface area contributed by atoms with E-state index in [-0.39, 0.29) is 6.42 Å². The minimum atomic E-state index is -4.50. The van der Waals surface area contributed by atoms with Crippen LogP contribution in [0.3, 0.4) is 0 Å². The minimum absolute atomic E-state index is 0.293. The first-order valence-corrected chi connectivity index (χ1v) is 6.85. The highest BCUT2D eigenvalue weighted by Crippen LogP contribution is 2.50. The van der Waals surface area contributed by atoms with Gasteiger partial charge in [-0.2, -0.15) is 13.2 Å². The maximum absolute atomic E-state index is 11.9. The number of carbonyl (C=O) groups is 1. The summed E-state index contributed by atoms with van der Waals surface area (Å²) < 4.78 is 58.5. The van der Waals surface area contributed by atoms with Crippen LogP contribution in [0.1, 0.15) is 25.7 Å². The molecule has 0 aromatic rings. The maximum atomic E-state index is 11.9. The lowest BCUT2D eigenvalue weighted by Gasteiger charge is -2.13. The number of sulfone groups is 1. The molecule has 0 spiro atoms. The van der Waals surface area contributed by atoms with Crippen molar-refractivity contribution in [2.75, 3.05) is 11.5 Å². The summed E-state index contributed by atoms with van der Waals surface area (Å²) in [6, 6.07) is 0. The molecule has 1 N–H and O–H groups in total. The van der Waals surface area contributed by atoms with E-state index < -0.39 is 45.3 Å². The molecule has 1 rings (SSSR count). The Balaban J connectivity index is 2.53. The van der Waals surface area contributed by atoms with Gasteiger partial charge in [-0.1, -0.05) is 0 Å². The second-order valence-corrected chi connectivity index (χ2v) is 6.71. The van der Waals surface area contributed by atoms with Crippen molar-refractivity contribution in [3.63, 3.8) is 0 Å². The molecule has 8 heteroatoms. The molecule has 17 heavy (non-hydrogen) atoms. The summed E-state index contributed by atoms with van der Waals surface area (Å²) in [6.07, 6.45) is -5.28. The Morgan fingerprint density at radius 2 is 1.82 bits per heavy atom. The third kappa shape index (κ3) is 5.38. The SMILES string of the molecule is O=C(O)CC1(CS(=O)(=O)CCC(F)(F)F)CC1. The highest BCUT2D eigenvalue weighted by Gasteiger charge is 2.48. The zero-order chi connectivity index (χ0) is 13.3. The van der Waals surface area contributed by atoms with Crippen molar-refractivity contribution in [2.24, 2.45) is 5.41 Å². The van der Waals surface area contributed by atoms with Crippen molar-refractivity contribution in [2.45, 2.75) is 31.9 Å². The van der Waals surface area contributed by atoms with Gasteiger partial charge in [0.05, 0.1) is 24.3 Å². The van der Waals surface area contributed by atoms with E-state index in [0.717, 1.165) is 0 Å². The van der Waals surface area contributed by atoms with Gasteiger partial charge in [-0.05, 0) is 18.3 Å². The molecule has 0 aromatic heterocycles. The summed E-state index contributed by atoms with van der Waals surface area (Å²) in [5.41, 5.74) is -0.823. The predicted molar refractivity (Wildman–Crippen MR) is 53.2 cm³/mol. The van der Waals surface area contributed by atoms with Crippen LogP contribution in [0.15, 0.2) is 0 Å². The summed E-state index contributed by atoms with van der Waals surface area (Å²) in [4.78, 5) is 10.5. The van der Waals surface area contributed by atoms with Gasteiger partial charge < -0.3 is 5.11 Å². The Kier molecular flexibility index (Phi) is 3.75. The summed E-state index contributed by atoms with van der Waals surface area (Å²) in [5, 5.41) is 8.57. The topological polar surface area (TPSA) is 71.4 Å². The maximum Gasteiger partial charge on any atom is 0.390 e. The van der Waals surface area contributed by atoms with E-state index in [9.17, 15) is 26.4 Å². The quantitative estimate of drug-likeness (QED) is 0.798. The van der Waals surface area contributed by atoms with Crippen molar-refractivity contribution in [3.8, 4) is 0 Å². The van der Waals surface area contributed by atoms with Gasteiger partial charge in [-0.3, -0.25) is 4.79 Å². The van der Waals surface area contributed by atoms with Crippen LogP contribution >= 0.6 is 0 Å².